The molecule has 1 aliphatic rings. The van der Waals surface area contributed by atoms with E-state index in [0.717, 1.165) is 48.4 Å². The Kier molecular flexibility index (Phi) is 6.48. The van der Waals surface area contributed by atoms with Gasteiger partial charge in [-0.15, -0.1) is 0 Å². The fourth-order valence-corrected chi connectivity index (χ4v) is 3.38. The lowest BCUT2D eigenvalue weighted by atomic mass is 9.99. The number of aromatic nitrogens is 1. The third-order valence-corrected chi connectivity index (χ3v) is 4.94. The molecule has 1 aromatic carbocycles. The number of hydrogen-bond acceptors (Lipinski definition) is 5. The van der Waals surface area contributed by atoms with Gasteiger partial charge in [0.2, 0.25) is 0 Å². The molecule has 1 aromatic heterocycles. The summed E-state index contributed by atoms with van der Waals surface area (Å²) in [6.07, 6.45) is 3.09. The van der Waals surface area contributed by atoms with Crippen molar-refractivity contribution in [1.82, 2.24) is 4.98 Å². The second kappa shape index (κ2) is 9.02. The van der Waals surface area contributed by atoms with E-state index >= 15 is 0 Å². The molecule has 0 saturated carbocycles. The molecule has 5 nitrogen and oxygen atoms in total. The Labute approximate surface area is 160 Å². The fraction of sp³-hybridized carbons (Fsp3) is 0.409. The Balaban J connectivity index is 1.83. The van der Waals surface area contributed by atoms with Gasteiger partial charge in [0.25, 0.3) is 0 Å². The summed E-state index contributed by atoms with van der Waals surface area (Å²) < 4.78 is 5.74. The quantitative estimate of drug-likeness (QED) is 0.749. The smallest absolute Gasteiger partial charge is 0.145 e. The number of pyridine rings is 1. The minimum absolute atomic E-state index is 0.215. The minimum Gasteiger partial charge on any atom is -0.485 e. The van der Waals surface area contributed by atoms with Crippen LogP contribution in [-0.2, 0) is 11.2 Å². The highest BCUT2D eigenvalue weighted by atomic mass is 16.5. The van der Waals surface area contributed by atoms with Crippen LogP contribution < -0.4 is 4.90 Å². The third-order valence-electron chi connectivity index (χ3n) is 4.94. The van der Waals surface area contributed by atoms with Gasteiger partial charge in [-0.25, -0.2) is 0 Å². The molecule has 0 amide bonds. The molecule has 2 N–H and O–H groups in total. The molecule has 0 fully saturated rings. The van der Waals surface area contributed by atoms with Crippen LogP contribution in [0.2, 0.25) is 0 Å². The highest BCUT2D eigenvalue weighted by Gasteiger charge is 2.19. The van der Waals surface area contributed by atoms with Gasteiger partial charge in [0.15, 0.2) is 0 Å². The Morgan fingerprint density at radius 1 is 1.04 bits per heavy atom. The molecule has 0 spiro atoms. The number of allylic oxidation sites excluding steroid dienone is 1. The lowest BCUT2D eigenvalue weighted by Gasteiger charge is -2.22. The van der Waals surface area contributed by atoms with Gasteiger partial charge in [0.05, 0.1) is 24.6 Å². The van der Waals surface area contributed by atoms with Crippen LogP contribution >= 0.6 is 0 Å². The predicted octanol–water partition coefficient (Wildman–Crippen LogP) is 3.25. The zero-order valence-electron chi connectivity index (χ0n) is 16.1. The van der Waals surface area contributed by atoms with Gasteiger partial charge in [0.1, 0.15) is 11.9 Å². The first-order valence-electron chi connectivity index (χ1n) is 9.64. The molecule has 0 bridgehead atoms. The van der Waals surface area contributed by atoms with Crippen LogP contribution in [0.4, 0.5) is 5.69 Å². The largest absolute Gasteiger partial charge is 0.485 e. The minimum atomic E-state index is -0.602. The summed E-state index contributed by atoms with van der Waals surface area (Å²) in [6.45, 7) is 5.87. The first-order chi connectivity index (χ1) is 13.2. The first-order valence-corrected chi connectivity index (χ1v) is 9.64. The normalized spacial score (nSPS) is 13.3. The summed E-state index contributed by atoms with van der Waals surface area (Å²) in [5.41, 5.74) is 5.19. The molecule has 27 heavy (non-hydrogen) atoms. The molecule has 1 heterocycles. The van der Waals surface area contributed by atoms with Gasteiger partial charge in [0, 0.05) is 29.9 Å². The average Bonchev–Trinajstić information content (AvgIpc) is 2.73. The molecule has 144 valence electrons. The van der Waals surface area contributed by atoms with Crippen LogP contribution in [-0.4, -0.2) is 47.6 Å². The van der Waals surface area contributed by atoms with Crippen LogP contribution in [0.15, 0.2) is 42.5 Å². The Bertz CT molecular complexity index is 779. The molecule has 0 unspecified atom stereocenters. The summed E-state index contributed by atoms with van der Waals surface area (Å²) in [7, 11) is 0. The SMILES string of the molecule is CCN(CC)c1ccc(-c2ccc3c(n2)CCC=C3OC(CO)CO)cc1. The average molecular weight is 368 g/mol. The number of rotatable bonds is 8. The predicted molar refractivity (Wildman–Crippen MR) is 109 cm³/mol. The van der Waals surface area contributed by atoms with Gasteiger partial charge in [-0.2, -0.15) is 0 Å². The number of fused-ring (bicyclic) bond motifs is 1. The molecule has 0 saturated heterocycles. The summed E-state index contributed by atoms with van der Waals surface area (Å²) in [4.78, 5) is 7.16. The Morgan fingerprint density at radius 2 is 1.74 bits per heavy atom. The summed E-state index contributed by atoms with van der Waals surface area (Å²) in [5.74, 6) is 0.695. The molecule has 1 aliphatic carbocycles. The molecular weight excluding hydrogens is 340 g/mol. The topological polar surface area (TPSA) is 65.8 Å². The van der Waals surface area contributed by atoms with Gasteiger partial charge >= 0.3 is 0 Å². The summed E-state index contributed by atoms with van der Waals surface area (Å²) >= 11 is 0. The van der Waals surface area contributed by atoms with Crippen molar-refractivity contribution in [2.24, 2.45) is 0 Å². The molecule has 5 heteroatoms. The van der Waals surface area contributed by atoms with Gasteiger partial charge < -0.3 is 19.8 Å². The number of aryl methyl sites for hydroxylation is 1. The molecule has 0 aliphatic heterocycles. The van der Waals surface area contributed by atoms with E-state index in [-0.39, 0.29) is 13.2 Å². The first kappa shape index (κ1) is 19.4. The van der Waals surface area contributed by atoms with E-state index in [2.05, 4.69) is 43.0 Å². The Morgan fingerprint density at radius 3 is 2.37 bits per heavy atom. The van der Waals surface area contributed by atoms with Crippen LogP contribution in [0.3, 0.4) is 0 Å². The van der Waals surface area contributed by atoms with Crippen molar-refractivity contribution >= 4 is 11.4 Å². The van der Waals surface area contributed by atoms with E-state index in [9.17, 15) is 10.2 Å². The zero-order valence-corrected chi connectivity index (χ0v) is 16.1. The molecule has 0 radical (unpaired) electrons. The van der Waals surface area contributed by atoms with Crippen molar-refractivity contribution in [2.75, 3.05) is 31.2 Å². The van der Waals surface area contributed by atoms with Crippen LogP contribution in [0.1, 0.15) is 31.5 Å². The maximum atomic E-state index is 9.26. The van der Waals surface area contributed by atoms with E-state index in [4.69, 9.17) is 9.72 Å². The summed E-state index contributed by atoms with van der Waals surface area (Å²) in [5, 5.41) is 18.5. The van der Waals surface area contributed by atoms with Crippen LogP contribution in [0, 0.1) is 0 Å². The van der Waals surface area contributed by atoms with Crippen molar-refractivity contribution in [2.45, 2.75) is 32.8 Å². The van der Waals surface area contributed by atoms with E-state index in [1.807, 2.05) is 18.2 Å². The maximum absolute atomic E-state index is 9.26. The number of anilines is 1. The molecule has 2 aromatic rings. The summed E-state index contributed by atoms with van der Waals surface area (Å²) in [6, 6.07) is 12.5. The number of aliphatic hydroxyl groups is 2. The van der Waals surface area contributed by atoms with Crippen molar-refractivity contribution in [1.29, 1.82) is 0 Å². The van der Waals surface area contributed by atoms with E-state index in [1.54, 1.807) is 0 Å². The van der Waals surface area contributed by atoms with Crippen LogP contribution in [0.5, 0.6) is 0 Å². The van der Waals surface area contributed by atoms with Crippen molar-refractivity contribution in [3.8, 4) is 11.3 Å². The zero-order chi connectivity index (χ0) is 19.2. The number of nitrogens with zero attached hydrogens (tertiary/aromatic N) is 2. The Hall–Kier alpha value is -2.37. The lowest BCUT2D eigenvalue weighted by Crippen LogP contribution is -2.22. The highest BCUT2D eigenvalue weighted by molar-refractivity contribution is 5.69. The second-order valence-corrected chi connectivity index (χ2v) is 6.62. The third kappa shape index (κ3) is 4.31. The fourth-order valence-electron chi connectivity index (χ4n) is 3.38. The molecule has 0 atom stereocenters. The van der Waals surface area contributed by atoms with Crippen molar-refractivity contribution in [3.05, 3.63) is 53.7 Å². The number of hydrogen-bond donors (Lipinski definition) is 2. The van der Waals surface area contributed by atoms with Crippen LogP contribution in [0.25, 0.3) is 17.0 Å². The van der Waals surface area contributed by atoms with E-state index < -0.39 is 6.10 Å². The molecular formula is C22H28N2O3. The lowest BCUT2D eigenvalue weighted by molar-refractivity contribution is 0.0435. The number of ether oxygens (including phenoxy) is 1. The molecule has 3 rings (SSSR count). The maximum Gasteiger partial charge on any atom is 0.145 e. The van der Waals surface area contributed by atoms with E-state index in [1.165, 1.54) is 5.69 Å². The van der Waals surface area contributed by atoms with E-state index in [0.29, 0.717) is 5.76 Å². The van der Waals surface area contributed by atoms with Crippen molar-refractivity contribution < 1.29 is 14.9 Å². The number of aliphatic hydroxyl groups excluding tert-OH is 2. The monoisotopic (exact) mass is 368 g/mol. The highest BCUT2D eigenvalue weighted by Crippen LogP contribution is 2.30. The van der Waals surface area contributed by atoms with Gasteiger partial charge in [-0.3, -0.25) is 4.98 Å². The van der Waals surface area contributed by atoms with Crippen molar-refractivity contribution in [3.63, 3.8) is 0 Å². The standard InChI is InChI=1S/C22H28N2O3/c1-3-24(4-2)17-10-8-16(9-11-17)20-13-12-19-21(23-20)6-5-7-22(19)27-18(14-25)15-26/h7-13,18,25-26H,3-6,14-15H2,1-2H3. The number of benzene rings is 1. The van der Waals surface area contributed by atoms with Gasteiger partial charge in [-0.05, 0) is 57.0 Å². The second-order valence-electron chi connectivity index (χ2n) is 6.62. The van der Waals surface area contributed by atoms with Gasteiger partial charge in [-0.1, -0.05) is 12.1 Å².